The zero-order valence-electron chi connectivity index (χ0n) is 34.0. The van der Waals surface area contributed by atoms with Gasteiger partial charge in [-0.15, -0.1) is 11.3 Å². The van der Waals surface area contributed by atoms with Crippen LogP contribution in [0.2, 0.25) is 0 Å². The van der Waals surface area contributed by atoms with Crippen LogP contribution in [0.25, 0.3) is 142 Å². The van der Waals surface area contributed by atoms with Crippen LogP contribution in [0, 0.1) is 0 Å². The summed E-state index contributed by atoms with van der Waals surface area (Å²) in [5, 5.41) is 13.0. The van der Waals surface area contributed by atoms with Gasteiger partial charge in [0.2, 0.25) is 0 Å². The van der Waals surface area contributed by atoms with Gasteiger partial charge in [0, 0.05) is 64.5 Å². The van der Waals surface area contributed by atoms with Gasteiger partial charge in [-0.05, 0) is 64.7 Å². The van der Waals surface area contributed by atoms with Crippen molar-refractivity contribution in [3.8, 4) is 39.9 Å². The number of hydrogen-bond donors (Lipinski definition) is 0. The third kappa shape index (κ3) is 4.50. The van der Waals surface area contributed by atoms with Crippen molar-refractivity contribution in [2.75, 3.05) is 0 Å². The van der Waals surface area contributed by atoms with E-state index in [1.165, 1.54) is 58.3 Å². The number of furan rings is 1. The third-order valence-electron chi connectivity index (χ3n) is 13.3. The Labute approximate surface area is 367 Å². The van der Waals surface area contributed by atoms with Crippen LogP contribution in [-0.2, 0) is 0 Å². The zero-order valence-corrected chi connectivity index (χ0v) is 34.8. The Morgan fingerprint density at radius 2 is 0.984 bits per heavy atom. The highest BCUT2D eigenvalue weighted by atomic mass is 32.1. The van der Waals surface area contributed by atoms with Crippen LogP contribution in [0.15, 0.2) is 192 Å². The van der Waals surface area contributed by atoms with Crippen LogP contribution in [0.3, 0.4) is 0 Å². The van der Waals surface area contributed by atoms with Crippen molar-refractivity contribution in [1.29, 1.82) is 0 Å². The molecule has 0 fully saturated rings. The summed E-state index contributed by atoms with van der Waals surface area (Å²) >= 11 is 1.87. The molecule has 0 aliphatic rings. The maximum Gasteiger partial charge on any atom is 0.166 e. The highest BCUT2D eigenvalue weighted by Crippen LogP contribution is 2.49. The molecule has 6 nitrogen and oxygen atoms in total. The molecule has 0 saturated heterocycles. The van der Waals surface area contributed by atoms with E-state index in [0.717, 1.165) is 66.1 Å². The average molecular weight is 834 g/mol. The van der Waals surface area contributed by atoms with Gasteiger partial charge in [0.25, 0.3) is 0 Å². The predicted molar refractivity (Wildman–Crippen MR) is 265 cm³/mol. The van der Waals surface area contributed by atoms with Gasteiger partial charge in [-0.3, -0.25) is 4.40 Å². The molecule has 15 aromatic rings. The fourth-order valence-corrected chi connectivity index (χ4v) is 11.9. The lowest BCUT2D eigenvalue weighted by Gasteiger charge is -2.15. The average Bonchev–Trinajstić information content (AvgIpc) is 4.08. The Balaban J connectivity index is 1.06. The smallest absolute Gasteiger partial charge is 0.166 e. The Morgan fingerprint density at radius 3 is 1.91 bits per heavy atom. The summed E-state index contributed by atoms with van der Waals surface area (Å²) in [6, 6.07) is 66.8. The second-order valence-electron chi connectivity index (χ2n) is 16.6. The number of thiophene rings is 1. The summed E-state index contributed by atoms with van der Waals surface area (Å²) in [5.74, 6) is 1.79. The van der Waals surface area contributed by atoms with E-state index >= 15 is 0 Å². The molecule has 0 atom stereocenters. The first kappa shape index (κ1) is 34.2. The minimum Gasteiger partial charge on any atom is -0.456 e. The van der Waals surface area contributed by atoms with Crippen LogP contribution in [-0.4, -0.2) is 23.9 Å². The molecule has 296 valence electrons. The fraction of sp³-hybridized carbons (Fsp3) is 0. The summed E-state index contributed by atoms with van der Waals surface area (Å²) in [5.41, 5.74) is 10.1. The maximum absolute atomic E-state index is 6.39. The molecule has 15 rings (SSSR count). The van der Waals surface area contributed by atoms with Crippen molar-refractivity contribution in [2.24, 2.45) is 0 Å². The Bertz CT molecular complexity index is 4450. The van der Waals surface area contributed by atoms with E-state index in [-0.39, 0.29) is 0 Å². The third-order valence-corrected chi connectivity index (χ3v) is 14.5. The Morgan fingerprint density at radius 1 is 0.375 bits per heavy atom. The van der Waals surface area contributed by atoms with Crippen molar-refractivity contribution in [1.82, 2.24) is 23.9 Å². The SMILES string of the molecule is c1ccc(-n2c3cccc4c5ccccc5n5c6sc7ccccc7c6c6ccc2c(c43)c65)c(-c2nc(-c3cccc4ccccc34)nc(-c3cccc4oc5ccccc5c34)n2)c1. The Hall–Kier alpha value is -8.39. The van der Waals surface area contributed by atoms with Gasteiger partial charge in [-0.25, -0.2) is 15.0 Å². The number of nitrogens with zero attached hydrogens (tertiary/aromatic N) is 5. The van der Waals surface area contributed by atoms with Gasteiger partial charge in [0.05, 0.1) is 27.8 Å². The molecule has 7 heteroatoms. The predicted octanol–water partition coefficient (Wildman–Crippen LogP) is 15.4. The fourth-order valence-electron chi connectivity index (χ4n) is 10.7. The van der Waals surface area contributed by atoms with E-state index in [0.29, 0.717) is 17.5 Å². The monoisotopic (exact) mass is 833 g/mol. The minimum absolute atomic E-state index is 0.585. The van der Waals surface area contributed by atoms with E-state index in [9.17, 15) is 0 Å². The van der Waals surface area contributed by atoms with Gasteiger partial charge in [-0.1, -0.05) is 140 Å². The number of benzene rings is 9. The number of para-hydroxylation sites is 3. The maximum atomic E-state index is 6.39. The quantitative estimate of drug-likeness (QED) is 0.177. The highest BCUT2D eigenvalue weighted by molar-refractivity contribution is 7.25. The molecule has 0 bridgehead atoms. The van der Waals surface area contributed by atoms with Crippen LogP contribution < -0.4 is 0 Å². The van der Waals surface area contributed by atoms with Gasteiger partial charge < -0.3 is 8.98 Å². The standard InChI is InChI=1S/C57H31N5OS/c1-2-16-33-32(14-1)15-11-22-36(33)54-58-55(60-56(59-54)41-23-13-28-47-49(41)38-19-5-9-27-46(38)63-47)37-18-4-8-25-43(37)61-44-26-12-21-35-34-17-3-7-24-42(34)62-53-40(30-31-45(61)52(53)51(35)44)50-39-20-6-10-29-48(39)64-57(50)62/h1-31H. The van der Waals surface area contributed by atoms with Crippen molar-refractivity contribution >= 4 is 113 Å². The second-order valence-corrected chi connectivity index (χ2v) is 17.7. The largest absolute Gasteiger partial charge is 0.456 e. The Kier molecular flexibility index (Phi) is 6.74. The van der Waals surface area contributed by atoms with E-state index in [1.807, 2.05) is 35.6 Å². The summed E-state index contributed by atoms with van der Waals surface area (Å²) in [4.78, 5) is 17.5. The lowest BCUT2D eigenvalue weighted by Crippen LogP contribution is -2.04. The number of aromatic nitrogens is 5. The molecule has 9 aromatic carbocycles. The molecule has 6 heterocycles. The molecule has 0 unspecified atom stereocenters. The first-order valence-electron chi connectivity index (χ1n) is 21.5. The van der Waals surface area contributed by atoms with E-state index in [4.69, 9.17) is 19.4 Å². The second kappa shape index (κ2) is 12.6. The van der Waals surface area contributed by atoms with Crippen molar-refractivity contribution in [3.63, 3.8) is 0 Å². The number of rotatable bonds is 4. The first-order valence-corrected chi connectivity index (χ1v) is 22.3. The summed E-state index contributed by atoms with van der Waals surface area (Å²) in [6.07, 6.45) is 0. The van der Waals surface area contributed by atoms with E-state index in [1.54, 1.807) is 0 Å². The van der Waals surface area contributed by atoms with Gasteiger partial charge in [-0.2, -0.15) is 0 Å². The molecule has 0 radical (unpaired) electrons. The van der Waals surface area contributed by atoms with Crippen molar-refractivity contribution < 1.29 is 4.42 Å². The molecule has 0 spiro atoms. The molecule has 0 aliphatic heterocycles. The van der Waals surface area contributed by atoms with E-state index in [2.05, 4.69) is 173 Å². The van der Waals surface area contributed by atoms with Gasteiger partial charge in [0.15, 0.2) is 17.5 Å². The highest BCUT2D eigenvalue weighted by Gasteiger charge is 2.27. The molecule has 0 N–H and O–H groups in total. The molecule has 0 amide bonds. The van der Waals surface area contributed by atoms with Crippen LogP contribution >= 0.6 is 11.3 Å². The summed E-state index contributed by atoms with van der Waals surface area (Å²) in [6.45, 7) is 0. The molecule has 64 heavy (non-hydrogen) atoms. The van der Waals surface area contributed by atoms with Crippen LogP contribution in [0.5, 0.6) is 0 Å². The van der Waals surface area contributed by atoms with Crippen molar-refractivity contribution in [2.45, 2.75) is 0 Å². The zero-order chi connectivity index (χ0) is 41.6. The van der Waals surface area contributed by atoms with Gasteiger partial charge in [0.1, 0.15) is 16.0 Å². The lowest BCUT2D eigenvalue weighted by atomic mass is 10.0. The summed E-state index contributed by atoms with van der Waals surface area (Å²) in [7, 11) is 0. The minimum atomic E-state index is 0.585. The molecular formula is C57H31N5OS. The normalized spacial score (nSPS) is 12.4. The lowest BCUT2D eigenvalue weighted by molar-refractivity contribution is 0.669. The molecule has 6 aromatic heterocycles. The number of fused-ring (bicyclic) bond motifs is 12. The van der Waals surface area contributed by atoms with Gasteiger partial charge >= 0.3 is 0 Å². The van der Waals surface area contributed by atoms with Crippen LogP contribution in [0.4, 0.5) is 0 Å². The topological polar surface area (TPSA) is 61.2 Å². The summed E-state index contributed by atoms with van der Waals surface area (Å²) < 4.78 is 12.7. The number of hydrogen-bond acceptors (Lipinski definition) is 5. The molecule has 0 aliphatic carbocycles. The molecular weight excluding hydrogens is 803 g/mol. The van der Waals surface area contributed by atoms with Crippen molar-refractivity contribution in [3.05, 3.63) is 188 Å². The first-order chi connectivity index (χ1) is 31.8. The molecule has 0 saturated carbocycles. The van der Waals surface area contributed by atoms with Crippen LogP contribution in [0.1, 0.15) is 0 Å². The van der Waals surface area contributed by atoms with E-state index < -0.39 is 0 Å².